The van der Waals surface area contributed by atoms with Gasteiger partial charge in [-0.1, -0.05) is 18.3 Å². The molecule has 1 atom stereocenters. The van der Waals surface area contributed by atoms with Crippen molar-refractivity contribution in [2.24, 2.45) is 5.10 Å². The minimum atomic E-state index is -4.75. The van der Waals surface area contributed by atoms with Gasteiger partial charge in [0.15, 0.2) is 5.69 Å². The van der Waals surface area contributed by atoms with Gasteiger partial charge in [-0.15, -0.1) is 0 Å². The van der Waals surface area contributed by atoms with Crippen LogP contribution in [0.25, 0.3) is 4.85 Å². The first kappa shape index (κ1) is 19.0. The molecular weight excluding hydrogens is 370 g/mol. The lowest BCUT2D eigenvalue weighted by Crippen LogP contribution is -2.47. The van der Waals surface area contributed by atoms with Crippen LogP contribution in [-0.4, -0.2) is 22.4 Å². The highest BCUT2D eigenvalue weighted by Crippen LogP contribution is 2.38. The lowest BCUT2D eigenvalue weighted by atomic mass is 9.96. The number of benzene rings is 1. The second kappa shape index (κ2) is 6.18. The Kier molecular flexibility index (Phi) is 4.69. The predicted molar refractivity (Wildman–Crippen MR) is 83.6 cm³/mol. The van der Waals surface area contributed by atoms with Crippen molar-refractivity contribution in [2.45, 2.75) is 31.2 Å². The third kappa shape index (κ3) is 4.01. The minimum Gasteiger partial charge on any atom is -0.348 e. The Labute approximate surface area is 143 Å². The van der Waals surface area contributed by atoms with Crippen LogP contribution >= 0.6 is 12.2 Å². The molecule has 0 amide bonds. The van der Waals surface area contributed by atoms with E-state index in [1.54, 1.807) is 0 Å². The van der Waals surface area contributed by atoms with E-state index in [-0.39, 0.29) is 10.7 Å². The normalized spacial score (nSPS) is 20.5. The minimum absolute atomic E-state index is 0.0896. The summed E-state index contributed by atoms with van der Waals surface area (Å²) in [5.74, 6) is 0. The molecule has 1 heterocycles. The maximum atomic E-state index is 13.0. The third-order valence-corrected chi connectivity index (χ3v) is 4.02. The molecule has 0 radical (unpaired) electrons. The molecule has 2 N–H and O–H groups in total. The fourth-order valence-corrected chi connectivity index (χ4v) is 2.34. The number of hydrogen-bond donors (Lipinski definition) is 2. The number of thiocarbonyl (C=S) groups is 1. The highest BCUT2D eigenvalue weighted by molar-refractivity contribution is 7.80. The van der Waals surface area contributed by atoms with Gasteiger partial charge in [-0.25, -0.2) is 4.85 Å². The van der Waals surface area contributed by atoms with Crippen molar-refractivity contribution < 1.29 is 26.3 Å². The second-order valence-electron chi connectivity index (χ2n) is 5.47. The van der Waals surface area contributed by atoms with Crippen LogP contribution in [0, 0.1) is 6.57 Å². The first-order valence-corrected chi connectivity index (χ1v) is 7.09. The zero-order valence-electron chi connectivity index (χ0n) is 12.5. The molecule has 134 valence electrons. The van der Waals surface area contributed by atoms with Gasteiger partial charge in [-0.2, -0.15) is 31.4 Å². The van der Waals surface area contributed by atoms with Crippen molar-refractivity contribution in [2.75, 3.05) is 5.32 Å². The molecule has 0 aromatic heterocycles. The molecule has 25 heavy (non-hydrogen) atoms. The molecule has 1 aromatic carbocycles. The largest absolute Gasteiger partial charge is 0.431 e. The molecule has 0 saturated carbocycles. The van der Waals surface area contributed by atoms with Crippen LogP contribution in [0.4, 0.5) is 37.7 Å². The second-order valence-corrected chi connectivity index (χ2v) is 5.88. The molecule has 0 bridgehead atoms. The molecule has 0 fully saturated rings. The topological polar surface area (TPSA) is 40.8 Å². The summed E-state index contributed by atoms with van der Waals surface area (Å²) in [5.41, 5.74) is -2.01. The maximum Gasteiger partial charge on any atom is 0.431 e. The Morgan fingerprint density at radius 2 is 1.92 bits per heavy atom. The summed E-state index contributed by atoms with van der Waals surface area (Å²) < 4.78 is 76.9. The van der Waals surface area contributed by atoms with Gasteiger partial charge in [-0.05, 0) is 19.1 Å². The van der Waals surface area contributed by atoms with E-state index in [1.165, 1.54) is 13.0 Å². The van der Waals surface area contributed by atoms with Gasteiger partial charge in [0.25, 0.3) is 0 Å². The highest BCUT2D eigenvalue weighted by atomic mass is 32.1. The van der Waals surface area contributed by atoms with E-state index >= 15 is 0 Å². The van der Waals surface area contributed by atoms with E-state index in [1.807, 2.05) is 0 Å². The molecule has 1 aliphatic heterocycles. The van der Waals surface area contributed by atoms with E-state index in [0.29, 0.717) is 6.07 Å². The Morgan fingerprint density at radius 3 is 2.40 bits per heavy atom. The number of nitrogens with one attached hydrogen (secondary N) is 2. The zero-order chi connectivity index (χ0) is 19.0. The third-order valence-electron chi connectivity index (χ3n) is 3.47. The summed E-state index contributed by atoms with van der Waals surface area (Å²) in [6, 6.07) is 2.84. The van der Waals surface area contributed by atoms with Crippen LogP contribution in [0.5, 0.6) is 0 Å². The first-order chi connectivity index (χ1) is 11.4. The zero-order valence-corrected chi connectivity index (χ0v) is 13.3. The highest BCUT2D eigenvalue weighted by Gasteiger charge is 2.46. The predicted octanol–water partition coefficient (Wildman–Crippen LogP) is 4.67. The van der Waals surface area contributed by atoms with Crippen LogP contribution in [0.2, 0.25) is 0 Å². The fraction of sp³-hybridized carbons (Fsp3) is 0.357. The van der Waals surface area contributed by atoms with Crippen molar-refractivity contribution in [1.82, 2.24) is 5.43 Å². The summed E-state index contributed by atoms with van der Waals surface area (Å²) in [5, 5.41) is 5.69. The first-order valence-electron chi connectivity index (χ1n) is 6.68. The van der Waals surface area contributed by atoms with Gasteiger partial charge >= 0.3 is 12.4 Å². The van der Waals surface area contributed by atoms with Gasteiger partial charge < -0.3 is 5.32 Å². The number of alkyl halides is 6. The number of hydrazone groups is 1. The summed E-state index contributed by atoms with van der Waals surface area (Å²) >= 11 is 5.03. The summed E-state index contributed by atoms with van der Waals surface area (Å²) in [4.78, 5) is 2.65. The van der Waals surface area contributed by atoms with Crippen LogP contribution in [-0.2, 0) is 6.18 Å². The number of rotatable bonds is 2. The lowest BCUT2D eigenvalue weighted by Gasteiger charge is -2.26. The molecule has 0 spiro atoms. The van der Waals surface area contributed by atoms with E-state index < -0.39 is 41.3 Å². The van der Waals surface area contributed by atoms with Crippen LogP contribution in [0.1, 0.15) is 18.9 Å². The Bertz CT molecular complexity index is 777. The van der Waals surface area contributed by atoms with Crippen molar-refractivity contribution in [3.63, 3.8) is 0 Å². The van der Waals surface area contributed by atoms with E-state index in [0.717, 1.165) is 6.07 Å². The van der Waals surface area contributed by atoms with Crippen LogP contribution in [0.15, 0.2) is 23.3 Å². The van der Waals surface area contributed by atoms with Crippen molar-refractivity contribution >= 4 is 34.3 Å². The Morgan fingerprint density at radius 1 is 1.28 bits per heavy atom. The molecule has 1 aromatic rings. The van der Waals surface area contributed by atoms with Gasteiger partial charge in [0.1, 0.15) is 16.2 Å². The fourth-order valence-electron chi connectivity index (χ4n) is 2.11. The van der Waals surface area contributed by atoms with E-state index in [9.17, 15) is 26.3 Å². The Balaban J connectivity index is 2.21. The van der Waals surface area contributed by atoms with Gasteiger partial charge in [0, 0.05) is 12.1 Å². The number of anilines is 1. The van der Waals surface area contributed by atoms with E-state index in [4.69, 9.17) is 18.8 Å². The average molecular weight is 380 g/mol. The molecule has 11 heteroatoms. The summed E-state index contributed by atoms with van der Waals surface area (Å²) in [6.07, 6.45) is -9.93. The number of nitrogens with zero attached hydrogens (tertiary/aromatic N) is 2. The monoisotopic (exact) mass is 380 g/mol. The molecule has 4 nitrogen and oxygen atoms in total. The van der Waals surface area contributed by atoms with Gasteiger partial charge in [0.2, 0.25) is 0 Å². The van der Waals surface area contributed by atoms with Crippen molar-refractivity contribution in [1.29, 1.82) is 0 Å². The standard InChI is InChI=1S/C14H10F6N4S/c1-12(6-10(23-24-12)14(18,19)20)11(25)22-7-3-4-9(21-2)8(5-7)13(15,16)17/h3-5,24H,6H2,1H3,(H,22,25)/t12-/m0/s1. The van der Waals surface area contributed by atoms with Crippen LogP contribution in [0.3, 0.4) is 0 Å². The molecule has 2 rings (SSSR count). The maximum absolute atomic E-state index is 13.0. The molecule has 1 aliphatic rings. The summed E-state index contributed by atoms with van der Waals surface area (Å²) in [7, 11) is 0. The number of halogens is 6. The average Bonchev–Trinajstić information content (AvgIpc) is 2.90. The quantitative estimate of drug-likeness (QED) is 0.445. The molecule has 0 aliphatic carbocycles. The van der Waals surface area contributed by atoms with Crippen LogP contribution < -0.4 is 10.7 Å². The molecule has 0 saturated heterocycles. The Hall–Kier alpha value is -2.35. The smallest absolute Gasteiger partial charge is 0.348 e. The van der Waals surface area contributed by atoms with Gasteiger partial charge in [0.05, 0.1) is 12.1 Å². The number of hydrogen-bond acceptors (Lipinski definition) is 3. The van der Waals surface area contributed by atoms with E-state index in [2.05, 4.69) is 20.7 Å². The lowest BCUT2D eigenvalue weighted by molar-refractivity contribution is -0.136. The molecular formula is C14H10F6N4S. The molecule has 0 unspecified atom stereocenters. The van der Waals surface area contributed by atoms with Gasteiger partial charge in [-0.3, -0.25) is 5.43 Å². The van der Waals surface area contributed by atoms with Crippen molar-refractivity contribution in [3.05, 3.63) is 35.2 Å². The van der Waals surface area contributed by atoms with Crippen molar-refractivity contribution in [3.8, 4) is 0 Å². The summed E-state index contributed by atoms with van der Waals surface area (Å²) in [6.45, 7) is 8.12. The SMILES string of the molecule is [C-]#[N+]c1ccc(NC(=S)[C@]2(C)CC(C(F)(F)F)=NN2)cc1C(F)(F)F.